The van der Waals surface area contributed by atoms with E-state index in [9.17, 15) is 9.59 Å². The summed E-state index contributed by atoms with van der Waals surface area (Å²) in [7, 11) is 0. The van der Waals surface area contributed by atoms with E-state index in [1.807, 2.05) is 43.3 Å². The molecule has 1 saturated heterocycles. The van der Waals surface area contributed by atoms with Crippen molar-refractivity contribution in [3.05, 3.63) is 75.1 Å². The summed E-state index contributed by atoms with van der Waals surface area (Å²) in [5.74, 6) is 0.219. The molecule has 3 amide bonds. The van der Waals surface area contributed by atoms with Gasteiger partial charge in [0.05, 0.1) is 21.6 Å². The standard InChI is InChI=1S/C23H17Cl2N3O3S2/c1-2-31-19-10-7-13-5-3-4-6-15(13)16(19)12-20-21(29)28(23(32)33-20)27-22(30)26-14-8-9-17(24)18(25)11-14/h3-12H,2H2,1H3,(H2,26,27,30)/b20-12+. The number of benzene rings is 3. The number of carbonyl (C=O) groups is 2. The fourth-order valence-corrected chi connectivity index (χ4v) is 4.69. The summed E-state index contributed by atoms with van der Waals surface area (Å²) >= 11 is 18.3. The Morgan fingerprint density at radius 2 is 1.94 bits per heavy atom. The average Bonchev–Trinajstić information content (AvgIpc) is 3.05. The Bertz CT molecular complexity index is 1310. The smallest absolute Gasteiger partial charge is 0.338 e. The van der Waals surface area contributed by atoms with Crippen LogP contribution in [0.25, 0.3) is 16.8 Å². The van der Waals surface area contributed by atoms with Crippen molar-refractivity contribution in [1.29, 1.82) is 0 Å². The monoisotopic (exact) mass is 517 g/mol. The number of halogens is 2. The Hall–Kier alpha value is -2.78. The number of nitrogens with one attached hydrogen (secondary N) is 2. The van der Waals surface area contributed by atoms with Gasteiger partial charge in [0.2, 0.25) is 0 Å². The lowest BCUT2D eigenvalue weighted by Gasteiger charge is -2.16. The number of urea groups is 1. The van der Waals surface area contributed by atoms with E-state index in [0.29, 0.717) is 33.0 Å². The normalized spacial score (nSPS) is 14.8. The summed E-state index contributed by atoms with van der Waals surface area (Å²) < 4.78 is 5.98. The quantitative estimate of drug-likeness (QED) is 0.299. The van der Waals surface area contributed by atoms with E-state index in [4.69, 9.17) is 40.2 Å². The van der Waals surface area contributed by atoms with Gasteiger partial charge in [-0.05, 0) is 60.3 Å². The molecule has 168 valence electrons. The summed E-state index contributed by atoms with van der Waals surface area (Å²) in [5, 5.41) is 6.25. The van der Waals surface area contributed by atoms with Crippen LogP contribution in [0.15, 0.2) is 59.5 Å². The second-order valence-corrected chi connectivity index (χ2v) is 9.33. The van der Waals surface area contributed by atoms with Crippen LogP contribution in [0, 0.1) is 0 Å². The Morgan fingerprint density at radius 1 is 1.15 bits per heavy atom. The number of hydrogen-bond acceptors (Lipinski definition) is 5. The van der Waals surface area contributed by atoms with Crippen molar-refractivity contribution in [1.82, 2.24) is 10.4 Å². The Balaban J connectivity index is 1.58. The van der Waals surface area contributed by atoms with Gasteiger partial charge in [-0.1, -0.05) is 65.3 Å². The summed E-state index contributed by atoms with van der Waals surface area (Å²) in [6.07, 6.45) is 1.74. The third kappa shape index (κ3) is 5.09. The molecule has 3 aromatic rings. The third-order valence-corrected chi connectivity index (χ3v) is 6.73. The molecular weight excluding hydrogens is 501 g/mol. The molecule has 10 heteroatoms. The van der Waals surface area contributed by atoms with Gasteiger partial charge in [0.25, 0.3) is 5.91 Å². The Kier molecular flexibility index (Phi) is 7.09. The first-order chi connectivity index (χ1) is 15.9. The molecule has 0 saturated carbocycles. The molecule has 4 rings (SSSR count). The third-order valence-electron chi connectivity index (χ3n) is 4.69. The van der Waals surface area contributed by atoms with Crippen molar-refractivity contribution in [2.45, 2.75) is 6.92 Å². The molecule has 0 spiro atoms. The molecule has 1 aliphatic rings. The van der Waals surface area contributed by atoms with E-state index < -0.39 is 11.9 Å². The molecule has 3 aromatic carbocycles. The van der Waals surface area contributed by atoms with E-state index in [-0.39, 0.29) is 4.32 Å². The van der Waals surface area contributed by atoms with Crippen LogP contribution < -0.4 is 15.5 Å². The van der Waals surface area contributed by atoms with Gasteiger partial charge in [-0.25, -0.2) is 10.2 Å². The summed E-state index contributed by atoms with van der Waals surface area (Å²) in [6, 6.07) is 15.7. The number of hydrazine groups is 1. The number of rotatable bonds is 5. The van der Waals surface area contributed by atoms with Gasteiger partial charge in [0, 0.05) is 11.3 Å². The van der Waals surface area contributed by atoms with Gasteiger partial charge in [0.1, 0.15) is 5.75 Å². The number of anilines is 1. The number of ether oxygens (including phenoxy) is 1. The maximum Gasteiger partial charge on any atom is 0.338 e. The maximum atomic E-state index is 13.0. The summed E-state index contributed by atoms with van der Waals surface area (Å²) in [6.45, 7) is 2.38. The van der Waals surface area contributed by atoms with Crippen molar-refractivity contribution in [2.24, 2.45) is 0 Å². The van der Waals surface area contributed by atoms with Crippen LogP contribution in [-0.4, -0.2) is 27.9 Å². The average molecular weight is 518 g/mol. The van der Waals surface area contributed by atoms with Crippen molar-refractivity contribution < 1.29 is 14.3 Å². The molecule has 1 aliphatic heterocycles. The maximum absolute atomic E-state index is 13.0. The van der Waals surface area contributed by atoms with Crippen LogP contribution >= 0.6 is 47.2 Å². The zero-order chi connectivity index (χ0) is 23.5. The number of hydrogen-bond donors (Lipinski definition) is 2. The topological polar surface area (TPSA) is 70.7 Å². The molecule has 2 N–H and O–H groups in total. The molecule has 6 nitrogen and oxygen atoms in total. The zero-order valence-corrected chi connectivity index (χ0v) is 20.4. The largest absolute Gasteiger partial charge is 0.493 e. The molecule has 0 aliphatic carbocycles. The number of thiocarbonyl (C=S) groups is 1. The van der Waals surface area contributed by atoms with Gasteiger partial charge < -0.3 is 10.1 Å². The van der Waals surface area contributed by atoms with Gasteiger partial charge >= 0.3 is 6.03 Å². The highest BCUT2D eigenvalue weighted by atomic mass is 35.5. The SMILES string of the molecule is CCOc1ccc2ccccc2c1/C=C1/SC(=S)N(NC(=O)Nc2ccc(Cl)c(Cl)c2)C1=O. The first-order valence-corrected chi connectivity index (χ1v) is 11.8. The lowest BCUT2D eigenvalue weighted by Crippen LogP contribution is -2.46. The number of nitrogens with zero attached hydrogens (tertiary/aromatic N) is 1. The van der Waals surface area contributed by atoms with Gasteiger partial charge in [-0.15, -0.1) is 0 Å². The Labute approximate surface area is 209 Å². The van der Waals surface area contributed by atoms with Crippen LogP contribution in [0.3, 0.4) is 0 Å². The molecule has 33 heavy (non-hydrogen) atoms. The molecule has 1 heterocycles. The van der Waals surface area contributed by atoms with E-state index in [1.54, 1.807) is 18.2 Å². The Morgan fingerprint density at radius 3 is 2.70 bits per heavy atom. The van der Waals surface area contributed by atoms with E-state index in [2.05, 4.69) is 10.7 Å². The fourth-order valence-electron chi connectivity index (χ4n) is 3.24. The van der Waals surface area contributed by atoms with Crippen LogP contribution in [0.4, 0.5) is 10.5 Å². The highest BCUT2D eigenvalue weighted by Crippen LogP contribution is 2.36. The molecule has 0 aromatic heterocycles. The van der Waals surface area contributed by atoms with Crippen molar-refractivity contribution in [3.8, 4) is 5.75 Å². The van der Waals surface area contributed by atoms with E-state index >= 15 is 0 Å². The minimum absolute atomic E-state index is 0.203. The van der Waals surface area contributed by atoms with Crippen molar-refractivity contribution in [2.75, 3.05) is 11.9 Å². The van der Waals surface area contributed by atoms with Crippen LogP contribution in [0.2, 0.25) is 10.0 Å². The number of thioether (sulfide) groups is 1. The van der Waals surface area contributed by atoms with Gasteiger partial charge in [-0.3, -0.25) is 4.79 Å². The predicted octanol–water partition coefficient (Wildman–Crippen LogP) is 6.48. The zero-order valence-electron chi connectivity index (χ0n) is 17.2. The highest BCUT2D eigenvalue weighted by molar-refractivity contribution is 8.26. The predicted molar refractivity (Wildman–Crippen MR) is 139 cm³/mol. The molecule has 0 unspecified atom stereocenters. The van der Waals surface area contributed by atoms with Crippen molar-refractivity contribution in [3.63, 3.8) is 0 Å². The molecule has 1 fully saturated rings. The molecule has 0 radical (unpaired) electrons. The van der Waals surface area contributed by atoms with E-state index in [1.165, 1.54) is 6.07 Å². The van der Waals surface area contributed by atoms with E-state index in [0.717, 1.165) is 33.1 Å². The summed E-state index contributed by atoms with van der Waals surface area (Å²) in [4.78, 5) is 25.8. The first kappa shape index (κ1) is 23.4. The lowest BCUT2D eigenvalue weighted by atomic mass is 10.0. The number of amides is 3. The van der Waals surface area contributed by atoms with Crippen LogP contribution in [0.1, 0.15) is 12.5 Å². The minimum Gasteiger partial charge on any atom is -0.493 e. The van der Waals surface area contributed by atoms with Gasteiger partial charge in [0.15, 0.2) is 4.32 Å². The first-order valence-electron chi connectivity index (χ1n) is 9.82. The van der Waals surface area contributed by atoms with Gasteiger partial charge in [-0.2, -0.15) is 5.01 Å². The fraction of sp³-hybridized carbons (Fsp3) is 0.0870. The molecule has 0 atom stereocenters. The molecular formula is C23H17Cl2N3O3S2. The van der Waals surface area contributed by atoms with Crippen LogP contribution in [-0.2, 0) is 4.79 Å². The number of carbonyl (C=O) groups excluding carboxylic acids is 2. The number of fused-ring (bicyclic) bond motifs is 1. The lowest BCUT2D eigenvalue weighted by molar-refractivity contribution is -0.123. The van der Waals surface area contributed by atoms with Crippen molar-refractivity contribution >= 4 is 86.0 Å². The second-order valence-electron chi connectivity index (χ2n) is 6.84. The second kappa shape index (κ2) is 10.0. The minimum atomic E-state index is -0.647. The highest BCUT2D eigenvalue weighted by Gasteiger charge is 2.34. The summed E-state index contributed by atoms with van der Waals surface area (Å²) in [5.41, 5.74) is 3.67. The molecule has 0 bridgehead atoms. The van der Waals surface area contributed by atoms with Crippen LogP contribution in [0.5, 0.6) is 5.75 Å².